The number of aryl methyl sites for hydroxylation is 2. The van der Waals surface area contributed by atoms with Crippen molar-refractivity contribution in [1.82, 2.24) is 14.5 Å². The average molecular weight is 319 g/mol. The van der Waals surface area contributed by atoms with Crippen LogP contribution in [0, 0.1) is 0 Å². The van der Waals surface area contributed by atoms with Crippen LogP contribution < -0.4 is 0 Å². The molecule has 4 rings (SSSR count). The minimum atomic E-state index is 0.685. The fourth-order valence-corrected chi connectivity index (χ4v) is 3.93. The van der Waals surface area contributed by atoms with E-state index in [1.807, 2.05) is 0 Å². The second-order valence-corrected chi connectivity index (χ2v) is 6.87. The van der Waals surface area contributed by atoms with Crippen LogP contribution in [0.4, 0.5) is 0 Å². The maximum absolute atomic E-state index is 4.85. The normalized spacial score (nSPS) is 18.5. The fourth-order valence-electron chi connectivity index (χ4n) is 3.93. The Bertz CT molecular complexity index is 806. The van der Waals surface area contributed by atoms with E-state index in [2.05, 4.69) is 71.1 Å². The van der Waals surface area contributed by atoms with Crippen LogP contribution in [-0.4, -0.2) is 27.0 Å². The summed E-state index contributed by atoms with van der Waals surface area (Å²) in [6.45, 7) is 2.16. The van der Waals surface area contributed by atoms with Gasteiger partial charge >= 0.3 is 0 Å². The third kappa shape index (κ3) is 3.09. The highest BCUT2D eigenvalue weighted by atomic mass is 15.2. The molecule has 1 atom stereocenters. The highest BCUT2D eigenvalue weighted by Crippen LogP contribution is 2.25. The van der Waals surface area contributed by atoms with Crippen molar-refractivity contribution >= 4 is 11.0 Å². The summed E-state index contributed by atoms with van der Waals surface area (Å²) in [6.07, 6.45) is 5.04. The van der Waals surface area contributed by atoms with Crippen molar-refractivity contribution in [3.05, 3.63) is 66.0 Å². The second kappa shape index (κ2) is 6.78. The smallest absolute Gasteiger partial charge is 0.123 e. The molecule has 0 aliphatic carbocycles. The van der Waals surface area contributed by atoms with Crippen molar-refractivity contribution in [2.24, 2.45) is 7.05 Å². The van der Waals surface area contributed by atoms with Gasteiger partial charge in [-0.05, 0) is 49.9 Å². The van der Waals surface area contributed by atoms with E-state index in [0.29, 0.717) is 6.04 Å². The summed E-state index contributed by atoms with van der Waals surface area (Å²) in [5, 5.41) is 0. The van der Waals surface area contributed by atoms with E-state index in [1.54, 1.807) is 0 Å². The molecule has 0 amide bonds. The van der Waals surface area contributed by atoms with Crippen molar-refractivity contribution in [2.75, 3.05) is 6.54 Å². The Morgan fingerprint density at radius 2 is 1.83 bits per heavy atom. The van der Waals surface area contributed by atoms with Gasteiger partial charge < -0.3 is 4.57 Å². The minimum absolute atomic E-state index is 0.685. The van der Waals surface area contributed by atoms with Crippen LogP contribution in [0.15, 0.2) is 54.6 Å². The van der Waals surface area contributed by atoms with Crippen LogP contribution in [0.5, 0.6) is 0 Å². The summed E-state index contributed by atoms with van der Waals surface area (Å²) in [5.74, 6) is 1.18. The number of para-hydroxylation sites is 2. The third-order valence-electron chi connectivity index (χ3n) is 5.33. The Hall–Kier alpha value is -2.13. The molecule has 0 N–H and O–H groups in total. The third-order valence-corrected chi connectivity index (χ3v) is 5.33. The standard InChI is InChI=1S/C21H25N3/c1-23-20-12-6-5-11-19(20)22-21(23)16-24-15-7-10-18(24)14-13-17-8-3-2-4-9-17/h2-6,8-9,11-12,18H,7,10,13-16H2,1H3. The molecule has 24 heavy (non-hydrogen) atoms. The van der Waals surface area contributed by atoms with Crippen molar-refractivity contribution in [1.29, 1.82) is 0 Å². The van der Waals surface area contributed by atoms with E-state index in [-0.39, 0.29) is 0 Å². The SMILES string of the molecule is Cn1c(CN2CCCC2CCc2ccccc2)nc2ccccc21. The molecule has 1 unspecified atom stereocenters. The number of nitrogens with zero attached hydrogens (tertiary/aromatic N) is 3. The number of hydrogen-bond donors (Lipinski definition) is 0. The molecule has 3 heteroatoms. The first-order valence-electron chi connectivity index (χ1n) is 8.99. The van der Waals surface area contributed by atoms with Gasteiger partial charge in [-0.1, -0.05) is 42.5 Å². The van der Waals surface area contributed by atoms with Crippen LogP contribution >= 0.6 is 0 Å². The molecular weight excluding hydrogens is 294 g/mol. The van der Waals surface area contributed by atoms with E-state index < -0.39 is 0 Å². The molecule has 0 radical (unpaired) electrons. The Balaban J connectivity index is 1.45. The molecule has 2 aromatic carbocycles. The zero-order valence-corrected chi connectivity index (χ0v) is 14.4. The van der Waals surface area contributed by atoms with Crippen LogP contribution in [-0.2, 0) is 20.0 Å². The zero-order valence-electron chi connectivity index (χ0n) is 14.4. The summed E-state index contributed by atoms with van der Waals surface area (Å²) in [6, 6.07) is 20.0. The lowest BCUT2D eigenvalue weighted by Gasteiger charge is -2.24. The lowest BCUT2D eigenvalue weighted by atomic mass is 10.0. The second-order valence-electron chi connectivity index (χ2n) is 6.87. The van der Waals surface area contributed by atoms with E-state index >= 15 is 0 Å². The Kier molecular flexibility index (Phi) is 4.35. The van der Waals surface area contributed by atoms with Gasteiger partial charge in [-0.2, -0.15) is 0 Å². The van der Waals surface area contributed by atoms with Gasteiger partial charge in [-0.15, -0.1) is 0 Å². The number of fused-ring (bicyclic) bond motifs is 1. The minimum Gasteiger partial charge on any atom is -0.330 e. The van der Waals surface area contributed by atoms with E-state index in [1.165, 1.54) is 49.1 Å². The molecule has 2 heterocycles. The number of aromatic nitrogens is 2. The number of imidazole rings is 1. The summed E-state index contributed by atoms with van der Waals surface area (Å²) in [4.78, 5) is 7.48. The van der Waals surface area contributed by atoms with Gasteiger partial charge in [0.2, 0.25) is 0 Å². The van der Waals surface area contributed by atoms with Gasteiger partial charge in [-0.25, -0.2) is 4.98 Å². The first-order chi connectivity index (χ1) is 11.8. The van der Waals surface area contributed by atoms with Crippen molar-refractivity contribution in [3.63, 3.8) is 0 Å². The Morgan fingerprint density at radius 1 is 1.04 bits per heavy atom. The Morgan fingerprint density at radius 3 is 2.67 bits per heavy atom. The summed E-state index contributed by atoms with van der Waals surface area (Å²) in [7, 11) is 2.14. The molecule has 1 aliphatic heterocycles. The molecule has 3 nitrogen and oxygen atoms in total. The number of hydrogen-bond acceptors (Lipinski definition) is 2. The predicted molar refractivity (Wildman–Crippen MR) is 98.9 cm³/mol. The first kappa shape index (κ1) is 15.4. The molecule has 124 valence electrons. The monoisotopic (exact) mass is 319 g/mol. The highest BCUT2D eigenvalue weighted by Gasteiger charge is 2.25. The topological polar surface area (TPSA) is 21.1 Å². The van der Waals surface area contributed by atoms with Gasteiger partial charge in [0.05, 0.1) is 17.6 Å². The summed E-state index contributed by atoms with van der Waals surface area (Å²) < 4.78 is 2.25. The van der Waals surface area contributed by atoms with Crippen LogP contribution in [0.3, 0.4) is 0 Å². The number of likely N-dealkylation sites (tertiary alicyclic amines) is 1. The molecule has 1 aromatic heterocycles. The van der Waals surface area contributed by atoms with E-state index in [4.69, 9.17) is 4.98 Å². The van der Waals surface area contributed by atoms with E-state index in [0.717, 1.165) is 12.1 Å². The largest absolute Gasteiger partial charge is 0.330 e. The predicted octanol–water partition coefficient (Wildman–Crippen LogP) is 4.17. The molecule has 1 aliphatic rings. The zero-order chi connectivity index (χ0) is 16.4. The Labute approximate surface area is 143 Å². The highest BCUT2D eigenvalue weighted by molar-refractivity contribution is 5.75. The van der Waals surface area contributed by atoms with Crippen molar-refractivity contribution < 1.29 is 0 Å². The summed E-state index contributed by atoms with van der Waals surface area (Å²) >= 11 is 0. The van der Waals surface area contributed by atoms with Gasteiger partial charge in [-0.3, -0.25) is 4.90 Å². The summed E-state index contributed by atoms with van der Waals surface area (Å²) in [5.41, 5.74) is 3.79. The maximum Gasteiger partial charge on any atom is 0.123 e. The molecule has 0 bridgehead atoms. The first-order valence-corrected chi connectivity index (χ1v) is 8.99. The van der Waals surface area contributed by atoms with Crippen LogP contribution in [0.25, 0.3) is 11.0 Å². The maximum atomic E-state index is 4.85. The van der Waals surface area contributed by atoms with Gasteiger partial charge in [0.15, 0.2) is 0 Å². The van der Waals surface area contributed by atoms with Crippen molar-refractivity contribution in [3.8, 4) is 0 Å². The molecule has 3 aromatic rings. The van der Waals surface area contributed by atoms with Gasteiger partial charge in [0, 0.05) is 13.1 Å². The lowest BCUT2D eigenvalue weighted by molar-refractivity contribution is 0.227. The average Bonchev–Trinajstić information content (AvgIpc) is 3.19. The lowest BCUT2D eigenvalue weighted by Crippen LogP contribution is -2.30. The van der Waals surface area contributed by atoms with Crippen molar-refractivity contribution in [2.45, 2.75) is 38.3 Å². The molecule has 0 saturated carbocycles. The molecule has 1 saturated heterocycles. The van der Waals surface area contributed by atoms with E-state index in [9.17, 15) is 0 Å². The fraction of sp³-hybridized carbons (Fsp3) is 0.381. The molecule has 0 spiro atoms. The molecular formula is C21H25N3. The van der Waals surface area contributed by atoms with Gasteiger partial charge in [0.25, 0.3) is 0 Å². The van der Waals surface area contributed by atoms with Crippen LogP contribution in [0.1, 0.15) is 30.7 Å². The molecule has 1 fully saturated rings. The number of rotatable bonds is 5. The quantitative estimate of drug-likeness (QED) is 0.704. The van der Waals surface area contributed by atoms with Crippen LogP contribution in [0.2, 0.25) is 0 Å². The number of benzene rings is 2. The van der Waals surface area contributed by atoms with Gasteiger partial charge in [0.1, 0.15) is 5.82 Å².